The smallest absolute Gasteiger partial charge is 0.254 e. The number of H-pyrrole nitrogens is 1. The van der Waals surface area contributed by atoms with Gasteiger partial charge in [-0.05, 0) is 36.2 Å². The molecule has 0 aliphatic rings. The highest BCUT2D eigenvalue weighted by Gasteiger charge is 2.20. The van der Waals surface area contributed by atoms with E-state index in [1.807, 2.05) is 18.3 Å². The molecule has 0 aliphatic heterocycles. The van der Waals surface area contributed by atoms with Crippen LogP contribution >= 0.6 is 0 Å². The lowest BCUT2D eigenvalue weighted by molar-refractivity contribution is 0.628. The van der Waals surface area contributed by atoms with Crippen LogP contribution in [-0.2, 0) is 0 Å². The lowest BCUT2D eigenvalue weighted by atomic mass is 9.95. The van der Waals surface area contributed by atoms with Gasteiger partial charge in [0.25, 0.3) is 5.82 Å². The molecule has 0 fully saturated rings. The van der Waals surface area contributed by atoms with Crippen molar-refractivity contribution in [3.8, 4) is 22.4 Å². The maximum Gasteiger partial charge on any atom is 0.254 e. The molecule has 5 nitrogen and oxygen atoms in total. The molecular formula is C20H16FN5. The van der Waals surface area contributed by atoms with E-state index in [1.54, 1.807) is 22.7 Å². The molecule has 0 spiro atoms. The molecule has 0 saturated heterocycles. The molecule has 0 unspecified atom stereocenters. The molecule has 0 atom stereocenters. The van der Waals surface area contributed by atoms with Gasteiger partial charge in [0.15, 0.2) is 0 Å². The van der Waals surface area contributed by atoms with Crippen LogP contribution in [0.15, 0.2) is 48.8 Å². The van der Waals surface area contributed by atoms with Crippen molar-refractivity contribution in [2.75, 3.05) is 0 Å². The molecule has 3 heterocycles. The lowest BCUT2D eigenvalue weighted by Crippen LogP contribution is -1.94. The topological polar surface area (TPSA) is 50.3 Å². The highest BCUT2D eigenvalue weighted by Crippen LogP contribution is 2.37. The van der Waals surface area contributed by atoms with Gasteiger partial charge in [-0.15, -0.1) is 0 Å². The van der Waals surface area contributed by atoms with Gasteiger partial charge < -0.3 is 4.85 Å². The fraction of sp³-hybridized carbons (Fsp3) is 0.150. The Kier molecular flexibility index (Phi) is 3.77. The molecule has 0 bridgehead atoms. The monoisotopic (exact) mass is 345 g/mol. The summed E-state index contributed by atoms with van der Waals surface area (Å²) in [7, 11) is 0. The number of rotatable bonds is 3. The van der Waals surface area contributed by atoms with E-state index in [2.05, 4.69) is 33.9 Å². The van der Waals surface area contributed by atoms with Crippen molar-refractivity contribution in [2.45, 2.75) is 19.8 Å². The number of hydrogen-bond acceptors (Lipinski definition) is 2. The third-order valence-corrected chi connectivity index (χ3v) is 4.38. The third kappa shape index (κ3) is 2.54. The van der Waals surface area contributed by atoms with Crippen LogP contribution in [0.4, 0.5) is 10.2 Å². The zero-order valence-electron chi connectivity index (χ0n) is 14.4. The van der Waals surface area contributed by atoms with E-state index in [0.717, 1.165) is 33.7 Å². The van der Waals surface area contributed by atoms with Crippen molar-refractivity contribution in [1.29, 1.82) is 0 Å². The number of nitrogens with one attached hydrogen (secondary N) is 1. The quantitative estimate of drug-likeness (QED) is 0.519. The molecule has 26 heavy (non-hydrogen) atoms. The summed E-state index contributed by atoms with van der Waals surface area (Å²) in [5.41, 5.74) is 5.19. The molecule has 1 N–H and O–H groups in total. The first-order valence-electron chi connectivity index (χ1n) is 8.27. The van der Waals surface area contributed by atoms with Crippen molar-refractivity contribution < 1.29 is 4.39 Å². The van der Waals surface area contributed by atoms with Crippen LogP contribution in [0, 0.1) is 12.4 Å². The van der Waals surface area contributed by atoms with Crippen LogP contribution in [0.25, 0.3) is 32.9 Å². The maximum atomic E-state index is 13.3. The van der Waals surface area contributed by atoms with E-state index in [4.69, 9.17) is 6.57 Å². The molecule has 6 heteroatoms. The number of halogens is 1. The maximum absolute atomic E-state index is 13.3. The predicted molar refractivity (Wildman–Crippen MR) is 98.5 cm³/mol. The van der Waals surface area contributed by atoms with E-state index in [-0.39, 0.29) is 11.7 Å². The Hall–Kier alpha value is -3.46. The number of aromatic nitrogens is 4. The fourth-order valence-electron chi connectivity index (χ4n) is 3.08. The summed E-state index contributed by atoms with van der Waals surface area (Å²) in [5.74, 6) is 0.404. The number of hydrogen-bond donors (Lipinski definition) is 1. The van der Waals surface area contributed by atoms with Gasteiger partial charge in [0, 0.05) is 28.5 Å². The molecule has 0 saturated carbocycles. The molecule has 128 valence electrons. The van der Waals surface area contributed by atoms with Gasteiger partial charge in [0.1, 0.15) is 11.5 Å². The largest absolute Gasteiger partial charge is 0.362 e. The van der Waals surface area contributed by atoms with Crippen LogP contribution in [-0.4, -0.2) is 19.6 Å². The first-order chi connectivity index (χ1) is 12.6. The molecule has 0 aliphatic carbocycles. The fourth-order valence-corrected chi connectivity index (χ4v) is 3.08. The summed E-state index contributed by atoms with van der Waals surface area (Å²) in [5, 5.41) is 7.62. The summed E-state index contributed by atoms with van der Waals surface area (Å²) in [6.07, 6.45) is 3.46. The molecule has 4 aromatic rings. The van der Waals surface area contributed by atoms with Crippen molar-refractivity contribution in [2.24, 2.45) is 0 Å². The second-order valence-corrected chi connectivity index (χ2v) is 6.40. The Morgan fingerprint density at radius 2 is 1.85 bits per heavy atom. The Labute approximate surface area is 150 Å². The van der Waals surface area contributed by atoms with Gasteiger partial charge in [0.05, 0.1) is 12.4 Å². The molecular weight excluding hydrogens is 329 g/mol. The Bertz CT molecular complexity index is 1130. The minimum atomic E-state index is -0.281. The van der Waals surface area contributed by atoms with Gasteiger partial charge in [-0.2, -0.15) is 5.10 Å². The number of benzene rings is 1. The summed E-state index contributed by atoms with van der Waals surface area (Å²) < 4.78 is 15.1. The summed E-state index contributed by atoms with van der Waals surface area (Å²) in [6.45, 7) is 11.5. The van der Waals surface area contributed by atoms with Gasteiger partial charge >= 0.3 is 0 Å². The summed E-state index contributed by atoms with van der Waals surface area (Å²) in [6, 6.07) is 10.2. The molecule has 0 radical (unpaired) electrons. The second kappa shape index (κ2) is 6.12. The number of pyridine rings is 1. The first kappa shape index (κ1) is 16.0. The number of imidazole rings is 1. The average Bonchev–Trinajstić information content (AvgIpc) is 3.25. The van der Waals surface area contributed by atoms with E-state index in [1.165, 1.54) is 12.1 Å². The molecule has 1 aromatic carbocycles. The normalized spacial score (nSPS) is 11.2. The molecule has 0 amide bonds. The van der Waals surface area contributed by atoms with E-state index < -0.39 is 0 Å². The Morgan fingerprint density at radius 1 is 1.12 bits per heavy atom. The van der Waals surface area contributed by atoms with Gasteiger partial charge in [-0.3, -0.25) is 5.10 Å². The van der Waals surface area contributed by atoms with Crippen LogP contribution in [0.5, 0.6) is 0 Å². The number of fused-ring (bicyclic) bond motifs is 1. The second-order valence-electron chi connectivity index (χ2n) is 6.40. The van der Waals surface area contributed by atoms with Crippen molar-refractivity contribution in [1.82, 2.24) is 19.6 Å². The zero-order valence-corrected chi connectivity index (χ0v) is 14.4. The number of nitrogens with zero attached hydrogens (tertiary/aromatic N) is 4. The predicted octanol–water partition coefficient (Wildman–Crippen LogP) is 5.20. The van der Waals surface area contributed by atoms with Crippen LogP contribution in [0.1, 0.15) is 25.5 Å². The van der Waals surface area contributed by atoms with Gasteiger partial charge in [-0.25, -0.2) is 13.8 Å². The third-order valence-electron chi connectivity index (χ3n) is 4.38. The summed E-state index contributed by atoms with van der Waals surface area (Å²) >= 11 is 0. The number of aromatic amines is 1. The average molecular weight is 345 g/mol. The standard InChI is InChI=1S/C20H16FN5/c1-12(2)19-18(20(25-24-19)13-4-7-15(21)8-5-13)14-6-9-16-23-10-17(22-3)26(16)11-14/h4-12H,1-2H3,(H,24,25). The highest BCUT2D eigenvalue weighted by molar-refractivity contribution is 5.83. The zero-order chi connectivity index (χ0) is 18.3. The Morgan fingerprint density at radius 3 is 2.54 bits per heavy atom. The minimum absolute atomic E-state index is 0.227. The minimum Gasteiger partial charge on any atom is -0.362 e. The Balaban J connectivity index is 1.96. The van der Waals surface area contributed by atoms with Crippen LogP contribution < -0.4 is 0 Å². The SMILES string of the molecule is [C-]#[N+]c1cnc2ccc(-c3c(-c4ccc(F)cc4)n[nH]c3C(C)C)cn12. The van der Waals surface area contributed by atoms with Crippen molar-refractivity contribution >= 4 is 11.5 Å². The highest BCUT2D eigenvalue weighted by atomic mass is 19.1. The van der Waals surface area contributed by atoms with Crippen LogP contribution in [0.3, 0.4) is 0 Å². The first-order valence-corrected chi connectivity index (χ1v) is 8.27. The lowest BCUT2D eigenvalue weighted by Gasteiger charge is -2.09. The van der Waals surface area contributed by atoms with E-state index >= 15 is 0 Å². The van der Waals surface area contributed by atoms with Crippen molar-refractivity contribution in [3.05, 3.63) is 71.7 Å². The van der Waals surface area contributed by atoms with Gasteiger partial charge in [0.2, 0.25) is 5.65 Å². The van der Waals surface area contributed by atoms with Gasteiger partial charge in [-0.1, -0.05) is 20.4 Å². The van der Waals surface area contributed by atoms with Crippen molar-refractivity contribution in [3.63, 3.8) is 0 Å². The van der Waals surface area contributed by atoms with E-state index in [0.29, 0.717) is 5.82 Å². The van der Waals surface area contributed by atoms with Crippen LogP contribution in [0.2, 0.25) is 0 Å². The molecule has 4 rings (SSSR count). The molecule has 3 aromatic heterocycles. The van der Waals surface area contributed by atoms with E-state index in [9.17, 15) is 4.39 Å². The summed E-state index contributed by atoms with van der Waals surface area (Å²) in [4.78, 5) is 7.76.